The van der Waals surface area contributed by atoms with Crippen molar-refractivity contribution in [2.24, 2.45) is 0 Å². The summed E-state index contributed by atoms with van der Waals surface area (Å²) in [5, 5.41) is 32.4. The highest BCUT2D eigenvalue weighted by Crippen LogP contribution is 2.19. The van der Waals surface area contributed by atoms with E-state index in [-0.39, 0.29) is 5.75 Å². The first-order valence-corrected chi connectivity index (χ1v) is 11.5. The molecule has 138 valence electrons. The SMILES string of the molecule is C[Si](C)(C)C[C@H](NC(=O)C(NC(=O)CO)c1ccc(O)cc1)C(=O)O. The highest BCUT2D eigenvalue weighted by atomic mass is 28.3. The van der Waals surface area contributed by atoms with Crippen LogP contribution < -0.4 is 10.6 Å². The molecule has 1 unspecified atom stereocenters. The number of hydrogen-bond donors (Lipinski definition) is 5. The average Bonchev–Trinajstić information content (AvgIpc) is 2.51. The van der Waals surface area contributed by atoms with Crippen LogP contribution >= 0.6 is 0 Å². The van der Waals surface area contributed by atoms with Gasteiger partial charge in [-0.1, -0.05) is 31.8 Å². The van der Waals surface area contributed by atoms with Crippen LogP contribution in [0.1, 0.15) is 11.6 Å². The number of phenols is 1. The fraction of sp³-hybridized carbons (Fsp3) is 0.438. The average molecular weight is 368 g/mol. The van der Waals surface area contributed by atoms with E-state index in [1.165, 1.54) is 24.3 Å². The first-order valence-electron chi connectivity index (χ1n) is 7.76. The Morgan fingerprint density at radius 3 is 2.08 bits per heavy atom. The second kappa shape index (κ2) is 8.63. The van der Waals surface area contributed by atoms with Crippen molar-refractivity contribution in [2.45, 2.75) is 37.8 Å². The molecule has 1 rings (SSSR count). The van der Waals surface area contributed by atoms with E-state index in [1.807, 2.05) is 19.6 Å². The lowest BCUT2D eigenvalue weighted by Gasteiger charge is -2.25. The van der Waals surface area contributed by atoms with E-state index in [2.05, 4.69) is 10.6 Å². The number of aliphatic carboxylic acids is 1. The second-order valence-electron chi connectivity index (χ2n) is 6.91. The Morgan fingerprint density at radius 2 is 1.64 bits per heavy atom. The maximum Gasteiger partial charge on any atom is 0.325 e. The van der Waals surface area contributed by atoms with Crippen molar-refractivity contribution in [1.82, 2.24) is 10.6 Å². The summed E-state index contributed by atoms with van der Waals surface area (Å²) < 4.78 is 0. The molecule has 2 amide bonds. The molecular weight excluding hydrogens is 344 g/mol. The molecular formula is C16H24N2O6Si. The van der Waals surface area contributed by atoms with E-state index in [1.54, 1.807) is 0 Å². The molecule has 0 heterocycles. The Kier molecular flexibility index (Phi) is 7.13. The summed E-state index contributed by atoms with van der Waals surface area (Å²) in [6.45, 7) is 5.15. The van der Waals surface area contributed by atoms with Crippen molar-refractivity contribution in [1.29, 1.82) is 0 Å². The summed E-state index contributed by atoms with van der Waals surface area (Å²) in [5.41, 5.74) is 0.356. The lowest BCUT2D eigenvalue weighted by molar-refractivity contribution is -0.141. The van der Waals surface area contributed by atoms with Crippen molar-refractivity contribution in [3.05, 3.63) is 29.8 Å². The molecule has 0 radical (unpaired) electrons. The molecule has 1 aromatic carbocycles. The van der Waals surface area contributed by atoms with Gasteiger partial charge in [-0.15, -0.1) is 0 Å². The van der Waals surface area contributed by atoms with Gasteiger partial charge >= 0.3 is 5.97 Å². The van der Waals surface area contributed by atoms with Gasteiger partial charge in [0, 0.05) is 8.07 Å². The molecule has 0 aliphatic heterocycles. The topological polar surface area (TPSA) is 136 Å². The lowest BCUT2D eigenvalue weighted by atomic mass is 10.1. The van der Waals surface area contributed by atoms with Crippen LogP contribution in [0.4, 0.5) is 0 Å². The summed E-state index contributed by atoms with van der Waals surface area (Å²) in [6.07, 6.45) is 0. The Morgan fingerprint density at radius 1 is 1.08 bits per heavy atom. The minimum Gasteiger partial charge on any atom is -0.508 e. The molecule has 0 aliphatic rings. The molecule has 0 aromatic heterocycles. The van der Waals surface area contributed by atoms with E-state index >= 15 is 0 Å². The van der Waals surface area contributed by atoms with Gasteiger partial charge < -0.3 is 26.0 Å². The van der Waals surface area contributed by atoms with E-state index in [9.17, 15) is 24.6 Å². The predicted molar refractivity (Wildman–Crippen MR) is 93.8 cm³/mol. The molecule has 5 N–H and O–H groups in total. The Bertz CT molecular complexity index is 627. The van der Waals surface area contributed by atoms with Crippen molar-refractivity contribution in [3.63, 3.8) is 0 Å². The molecule has 1 aromatic rings. The van der Waals surface area contributed by atoms with Crippen LogP contribution in [0.3, 0.4) is 0 Å². The molecule has 8 nitrogen and oxygen atoms in total. The van der Waals surface area contributed by atoms with Gasteiger partial charge in [-0.3, -0.25) is 14.4 Å². The van der Waals surface area contributed by atoms with Crippen molar-refractivity contribution in [2.75, 3.05) is 6.61 Å². The molecule has 0 saturated carbocycles. The van der Waals surface area contributed by atoms with Gasteiger partial charge in [0.25, 0.3) is 0 Å². The maximum atomic E-state index is 12.6. The summed E-state index contributed by atoms with van der Waals surface area (Å²) in [4.78, 5) is 35.5. The van der Waals surface area contributed by atoms with Gasteiger partial charge in [0.15, 0.2) is 0 Å². The fourth-order valence-corrected chi connectivity index (χ4v) is 3.74. The quantitative estimate of drug-likeness (QED) is 0.423. The maximum absolute atomic E-state index is 12.6. The molecule has 25 heavy (non-hydrogen) atoms. The smallest absolute Gasteiger partial charge is 0.325 e. The van der Waals surface area contributed by atoms with Crippen LogP contribution in [0.25, 0.3) is 0 Å². The Balaban J connectivity index is 3.03. The third-order valence-corrected chi connectivity index (χ3v) is 5.00. The normalized spacial score (nSPS) is 13.6. The molecule has 0 fully saturated rings. The highest BCUT2D eigenvalue weighted by molar-refractivity contribution is 6.76. The predicted octanol–water partition coefficient (Wildman–Crippen LogP) is 0.449. The number of nitrogens with one attached hydrogen (secondary N) is 2. The number of benzene rings is 1. The summed E-state index contributed by atoms with van der Waals surface area (Å²) in [5.74, 6) is -2.63. The Hall–Kier alpha value is -2.39. The first-order chi connectivity index (χ1) is 11.5. The molecule has 9 heteroatoms. The minimum absolute atomic E-state index is 0.0152. The van der Waals surface area contributed by atoms with Gasteiger partial charge in [-0.25, -0.2) is 0 Å². The van der Waals surface area contributed by atoms with Gasteiger partial charge in [0.2, 0.25) is 11.8 Å². The van der Waals surface area contributed by atoms with Crippen LogP contribution in [-0.4, -0.2) is 53.8 Å². The lowest BCUT2D eigenvalue weighted by Crippen LogP contribution is -2.49. The number of rotatable bonds is 8. The van der Waals surface area contributed by atoms with Gasteiger partial charge in [-0.2, -0.15) is 0 Å². The van der Waals surface area contributed by atoms with Crippen LogP contribution in [0, 0.1) is 0 Å². The van der Waals surface area contributed by atoms with E-state index in [4.69, 9.17) is 5.11 Å². The van der Waals surface area contributed by atoms with E-state index in [0.717, 1.165) is 0 Å². The fourth-order valence-electron chi connectivity index (χ4n) is 2.24. The third kappa shape index (κ3) is 6.94. The number of carbonyl (C=O) groups is 3. The van der Waals surface area contributed by atoms with Crippen LogP contribution in [0.15, 0.2) is 24.3 Å². The second-order valence-corrected chi connectivity index (χ2v) is 12.4. The van der Waals surface area contributed by atoms with Crippen LogP contribution in [-0.2, 0) is 14.4 Å². The highest BCUT2D eigenvalue weighted by Gasteiger charge is 2.31. The third-order valence-electron chi connectivity index (χ3n) is 3.37. The number of carbonyl (C=O) groups excluding carboxylic acids is 2. The molecule has 0 saturated heterocycles. The molecule has 0 spiro atoms. The standard InChI is InChI=1S/C16H24N2O6Si/c1-25(2,3)9-12(16(23)24)17-15(22)14(18-13(21)8-19)10-4-6-11(20)7-5-10/h4-7,12,14,19-20H,8-9H2,1-3H3,(H,17,22)(H,18,21)(H,23,24)/t12-,14?/m0/s1. The zero-order valence-corrected chi connectivity index (χ0v) is 15.4. The molecule has 2 atom stereocenters. The summed E-state index contributed by atoms with van der Waals surface area (Å²) in [7, 11) is -1.77. The number of hydrogen-bond acceptors (Lipinski definition) is 5. The number of aliphatic hydroxyl groups excluding tert-OH is 1. The monoisotopic (exact) mass is 368 g/mol. The van der Waals surface area contributed by atoms with Gasteiger partial charge in [0.1, 0.15) is 24.4 Å². The zero-order valence-electron chi connectivity index (χ0n) is 14.4. The summed E-state index contributed by atoms with van der Waals surface area (Å²) in [6, 6.07) is 3.66. The number of carboxylic acid groups (broad SMARTS) is 1. The number of aliphatic hydroxyl groups is 1. The number of aromatic hydroxyl groups is 1. The van der Waals surface area contributed by atoms with Crippen LogP contribution in [0.2, 0.25) is 25.7 Å². The summed E-state index contributed by atoms with van der Waals surface area (Å²) >= 11 is 0. The van der Waals surface area contributed by atoms with E-state index < -0.39 is 44.5 Å². The number of phenolic OH excluding ortho intramolecular Hbond substituents is 1. The van der Waals surface area contributed by atoms with Crippen molar-refractivity contribution in [3.8, 4) is 5.75 Å². The molecule has 0 aliphatic carbocycles. The number of amides is 2. The van der Waals surface area contributed by atoms with Crippen molar-refractivity contribution >= 4 is 25.9 Å². The zero-order chi connectivity index (χ0) is 19.2. The first kappa shape index (κ1) is 20.7. The van der Waals surface area contributed by atoms with Crippen LogP contribution in [0.5, 0.6) is 5.75 Å². The van der Waals surface area contributed by atoms with E-state index in [0.29, 0.717) is 11.6 Å². The number of carboxylic acids is 1. The van der Waals surface area contributed by atoms with Gasteiger partial charge in [-0.05, 0) is 23.7 Å². The Labute approximate surface area is 146 Å². The van der Waals surface area contributed by atoms with Crippen molar-refractivity contribution < 1.29 is 29.7 Å². The van der Waals surface area contributed by atoms with Gasteiger partial charge in [0.05, 0.1) is 0 Å². The molecule has 0 bridgehead atoms. The minimum atomic E-state index is -1.77. The largest absolute Gasteiger partial charge is 0.508 e.